The van der Waals surface area contributed by atoms with Crippen LogP contribution in [-0.2, 0) is 9.47 Å². The second-order valence-corrected chi connectivity index (χ2v) is 2.58. The van der Waals surface area contributed by atoms with E-state index in [-0.39, 0.29) is 12.4 Å². The number of methoxy groups -OCH3 is 2. The Morgan fingerprint density at radius 2 is 2.18 bits per heavy atom. The fraction of sp³-hybridized carbons (Fsp3) is 1.00. The lowest BCUT2D eigenvalue weighted by molar-refractivity contribution is 0.0579. The summed E-state index contributed by atoms with van der Waals surface area (Å²) in [6.45, 7) is 1.80. The second kappa shape index (κ2) is 5.77. The summed E-state index contributed by atoms with van der Waals surface area (Å²) in [4.78, 5) is 0. The van der Waals surface area contributed by atoms with Crippen LogP contribution < -0.4 is 5.32 Å². The fourth-order valence-electron chi connectivity index (χ4n) is 1.37. The summed E-state index contributed by atoms with van der Waals surface area (Å²) in [6, 6.07) is 0.398. The first-order valence-electron chi connectivity index (χ1n) is 3.63. The van der Waals surface area contributed by atoms with Gasteiger partial charge in [0.15, 0.2) is 0 Å². The predicted octanol–water partition coefficient (Wildman–Crippen LogP) is 0.431. The van der Waals surface area contributed by atoms with E-state index in [1.165, 1.54) is 0 Å². The Hall–Kier alpha value is 0.170. The van der Waals surface area contributed by atoms with E-state index in [1.807, 2.05) is 0 Å². The highest BCUT2D eigenvalue weighted by atomic mass is 35.5. The van der Waals surface area contributed by atoms with Crippen LogP contribution in [0.15, 0.2) is 0 Å². The lowest BCUT2D eigenvalue weighted by atomic mass is 10.2. The summed E-state index contributed by atoms with van der Waals surface area (Å²) in [7, 11) is 3.47. The van der Waals surface area contributed by atoms with Crippen LogP contribution in [0.3, 0.4) is 0 Å². The molecule has 0 aromatic heterocycles. The molecule has 3 nitrogen and oxygen atoms in total. The molecular formula is C7H16ClNO2. The third-order valence-corrected chi connectivity index (χ3v) is 1.93. The van der Waals surface area contributed by atoms with Crippen molar-refractivity contribution in [2.45, 2.75) is 18.6 Å². The summed E-state index contributed by atoms with van der Waals surface area (Å²) in [6.07, 6.45) is 1.45. The zero-order valence-electron chi connectivity index (χ0n) is 7.00. The Bertz CT molecular complexity index is 102. The van der Waals surface area contributed by atoms with Gasteiger partial charge in [-0.05, 0) is 13.0 Å². The van der Waals surface area contributed by atoms with E-state index in [1.54, 1.807) is 14.2 Å². The molecule has 0 aliphatic carbocycles. The Morgan fingerprint density at radius 3 is 2.73 bits per heavy atom. The van der Waals surface area contributed by atoms with Crippen LogP contribution in [0, 0.1) is 0 Å². The summed E-state index contributed by atoms with van der Waals surface area (Å²) in [5, 5.41) is 3.31. The first kappa shape index (κ1) is 11.2. The van der Waals surface area contributed by atoms with E-state index >= 15 is 0 Å². The van der Waals surface area contributed by atoms with Crippen LogP contribution in [0.2, 0.25) is 0 Å². The van der Waals surface area contributed by atoms with Gasteiger partial charge in [0, 0.05) is 14.2 Å². The summed E-state index contributed by atoms with van der Waals surface area (Å²) in [5.74, 6) is 0. The van der Waals surface area contributed by atoms with E-state index in [9.17, 15) is 0 Å². The van der Waals surface area contributed by atoms with E-state index < -0.39 is 0 Å². The SMILES string of the molecule is COC[C@@H]1NCC[C@H]1OC.Cl. The minimum atomic E-state index is 0. The van der Waals surface area contributed by atoms with Gasteiger partial charge in [-0.3, -0.25) is 0 Å². The topological polar surface area (TPSA) is 30.5 Å². The largest absolute Gasteiger partial charge is 0.383 e. The molecule has 68 valence electrons. The van der Waals surface area contributed by atoms with Crippen LogP contribution in [0.5, 0.6) is 0 Å². The molecule has 0 aromatic carbocycles. The molecule has 11 heavy (non-hydrogen) atoms. The minimum absolute atomic E-state index is 0. The molecule has 1 fully saturated rings. The Labute approximate surface area is 73.9 Å². The number of hydrogen-bond donors (Lipinski definition) is 1. The number of rotatable bonds is 3. The highest BCUT2D eigenvalue weighted by molar-refractivity contribution is 5.85. The molecule has 0 bridgehead atoms. The molecule has 1 aliphatic rings. The van der Waals surface area contributed by atoms with E-state index in [2.05, 4.69) is 5.32 Å². The molecule has 1 aliphatic heterocycles. The number of halogens is 1. The zero-order valence-corrected chi connectivity index (χ0v) is 7.82. The first-order chi connectivity index (χ1) is 4.88. The van der Waals surface area contributed by atoms with Gasteiger partial charge in [0.2, 0.25) is 0 Å². The molecule has 2 atom stereocenters. The molecule has 0 saturated carbocycles. The van der Waals surface area contributed by atoms with Crippen molar-refractivity contribution in [3.05, 3.63) is 0 Å². The maximum Gasteiger partial charge on any atom is 0.0758 e. The van der Waals surface area contributed by atoms with Crippen LogP contribution in [0.25, 0.3) is 0 Å². The highest BCUT2D eigenvalue weighted by Crippen LogP contribution is 2.09. The smallest absolute Gasteiger partial charge is 0.0758 e. The monoisotopic (exact) mass is 181 g/mol. The molecule has 1 saturated heterocycles. The first-order valence-corrected chi connectivity index (χ1v) is 3.63. The average Bonchev–Trinajstić information content (AvgIpc) is 2.36. The molecule has 1 rings (SSSR count). The van der Waals surface area contributed by atoms with Gasteiger partial charge >= 0.3 is 0 Å². The van der Waals surface area contributed by atoms with Gasteiger partial charge < -0.3 is 14.8 Å². The molecule has 0 amide bonds. The van der Waals surface area contributed by atoms with E-state index in [0.717, 1.165) is 19.6 Å². The van der Waals surface area contributed by atoms with E-state index in [4.69, 9.17) is 9.47 Å². The lowest BCUT2D eigenvalue weighted by Gasteiger charge is -2.16. The Morgan fingerprint density at radius 1 is 1.45 bits per heavy atom. The molecule has 4 heteroatoms. The third kappa shape index (κ3) is 2.95. The number of hydrogen-bond acceptors (Lipinski definition) is 3. The van der Waals surface area contributed by atoms with Crippen molar-refractivity contribution in [2.24, 2.45) is 0 Å². The second-order valence-electron chi connectivity index (χ2n) is 2.58. The zero-order chi connectivity index (χ0) is 7.40. The predicted molar refractivity (Wildman–Crippen MR) is 46.3 cm³/mol. The van der Waals surface area contributed by atoms with Gasteiger partial charge in [-0.15, -0.1) is 12.4 Å². The molecule has 0 radical (unpaired) electrons. The van der Waals surface area contributed by atoms with Gasteiger partial charge in [0.05, 0.1) is 18.8 Å². The van der Waals surface area contributed by atoms with Crippen molar-refractivity contribution in [1.82, 2.24) is 5.32 Å². The van der Waals surface area contributed by atoms with Crippen LogP contribution in [0.1, 0.15) is 6.42 Å². The quantitative estimate of drug-likeness (QED) is 0.685. The molecule has 1 N–H and O–H groups in total. The van der Waals surface area contributed by atoms with Crippen molar-refractivity contribution in [3.63, 3.8) is 0 Å². The van der Waals surface area contributed by atoms with Crippen molar-refractivity contribution in [2.75, 3.05) is 27.4 Å². The molecule has 1 heterocycles. The number of nitrogens with one attached hydrogen (secondary N) is 1. The minimum Gasteiger partial charge on any atom is -0.383 e. The lowest BCUT2D eigenvalue weighted by Crippen LogP contribution is -2.35. The molecule has 0 unspecified atom stereocenters. The Balaban J connectivity index is 0.000001000. The van der Waals surface area contributed by atoms with Crippen molar-refractivity contribution in [1.29, 1.82) is 0 Å². The van der Waals surface area contributed by atoms with E-state index in [0.29, 0.717) is 12.1 Å². The summed E-state index contributed by atoms with van der Waals surface area (Å²) >= 11 is 0. The summed E-state index contributed by atoms with van der Waals surface area (Å²) in [5.41, 5.74) is 0. The van der Waals surface area contributed by atoms with Crippen molar-refractivity contribution in [3.8, 4) is 0 Å². The molecule has 0 spiro atoms. The van der Waals surface area contributed by atoms with Gasteiger partial charge in [-0.2, -0.15) is 0 Å². The average molecular weight is 182 g/mol. The standard InChI is InChI=1S/C7H15NO2.ClH/c1-9-5-6-7(10-2)3-4-8-6;/h6-8H,3-5H2,1-2H3;1H/t6-,7+;/m0./s1. The number of ether oxygens (including phenoxy) is 2. The van der Waals surface area contributed by atoms with Crippen molar-refractivity contribution < 1.29 is 9.47 Å². The molecule has 0 aromatic rings. The Kier molecular flexibility index (Phi) is 5.86. The van der Waals surface area contributed by atoms with Gasteiger partial charge in [-0.1, -0.05) is 0 Å². The normalized spacial score (nSPS) is 30.0. The molecular weight excluding hydrogens is 166 g/mol. The van der Waals surface area contributed by atoms with Crippen LogP contribution >= 0.6 is 12.4 Å². The maximum absolute atomic E-state index is 5.23. The summed E-state index contributed by atoms with van der Waals surface area (Å²) < 4.78 is 10.2. The third-order valence-electron chi connectivity index (χ3n) is 1.93. The highest BCUT2D eigenvalue weighted by Gasteiger charge is 2.25. The van der Waals surface area contributed by atoms with Gasteiger partial charge in [0.25, 0.3) is 0 Å². The van der Waals surface area contributed by atoms with Gasteiger partial charge in [-0.25, -0.2) is 0 Å². The fourth-order valence-corrected chi connectivity index (χ4v) is 1.37. The van der Waals surface area contributed by atoms with Crippen LogP contribution in [0.4, 0.5) is 0 Å². The van der Waals surface area contributed by atoms with Gasteiger partial charge in [0.1, 0.15) is 0 Å². The van der Waals surface area contributed by atoms with Crippen molar-refractivity contribution >= 4 is 12.4 Å². The maximum atomic E-state index is 5.23. The van der Waals surface area contributed by atoms with Crippen LogP contribution in [-0.4, -0.2) is 39.5 Å².